The van der Waals surface area contributed by atoms with Gasteiger partial charge in [-0.15, -0.1) is 0 Å². The molecular weight excluding hydrogens is 262 g/mol. The van der Waals surface area contributed by atoms with E-state index in [0.717, 1.165) is 25.9 Å². The quantitative estimate of drug-likeness (QED) is 0.587. The zero-order chi connectivity index (χ0) is 14.5. The zero-order valence-electron chi connectivity index (χ0n) is 11.1. The van der Waals surface area contributed by atoms with Gasteiger partial charge in [-0.25, -0.2) is 4.79 Å². The Hall–Kier alpha value is -1.86. The SMILES string of the molecule is O=C(N[C@H](CO)C(=O)O)c1cccn1C1CCNCC1. The number of rotatable bonds is 5. The number of aliphatic hydroxyl groups excluding tert-OH is 1. The number of carbonyl (C=O) groups excluding carboxylic acids is 1. The molecule has 1 aliphatic heterocycles. The molecule has 0 unspecified atom stereocenters. The molecule has 0 aliphatic carbocycles. The lowest BCUT2D eigenvalue weighted by molar-refractivity contribution is -0.140. The Bertz CT molecular complexity index is 480. The summed E-state index contributed by atoms with van der Waals surface area (Å²) in [7, 11) is 0. The van der Waals surface area contributed by atoms with E-state index in [1.165, 1.54) is 0 Å². The van der Waals surface area contributed by atoms with Gasteiger partial charge in [0.05, 0.1) is 6.61 Å². The van der Waals surface area contributed by atoms with Crippen molar-refractivity contribution in [3.05, 3.63) is 24.0 Å². The number of hydrogen-bond donors (Lipinski definition) is 4. The van der Waals surface area contributed by atoms with Gasteiger partial charge in [0, 0.05) is 12.2 Å². The van der Waals surface area contributed by atoms with Crippen LogP contribution in [0.5, 0.6) is 0 Å². The minimum atomic E-state index is -1.28. The van der Waals surface area contributed by atoms with E-state index in [4.69, 9.17) is 10.2 Å². The molecule has 0 radical (unpaired) electrons. The van der Waals surface area contributed by atoms with Crippen molar-refractivity contribution < 1.29 is 19.8 Å². The fourth-order valence-corrected chi connectivity index (χ4v) is 2.41. The smallest absolute Gasteiger partial charge is 0.328 e. The molecule has 0 aromatic carbocycles. The molecule has 1 aromatic rings. The van der Waals surface area contributed by atoms with Crippen LogP contribution in [0.3, 0.4) is 0 Å². The van der Waals surface area contributed by atoms with E-state index < -0.39 is 24.5 Å². The van der Waals surface area contributed by atoms with E-state index in [1.807, 2.05) is 10.8 Å². The topological polar surface area (TPSA) is 104 Å². The summed E-state index contributed by atoms with van der Waals surface area (Å²) < 4.78 is 1.88. The molecule has 2 heterocycles. The molecule has 1 saturated heterocycles. The number of hydrogen-bond acceptors (Lipinski definition) is 4. The molecule has 7 heteroatoms. The van der Waals surface area contributed by atoms with Crippen molar-refractivity contribution >= 4 is 11.9 Å². The molecular formula is C13H19N3O4. The van der Waals surface area contributed by atoms with Crippen molar-refractivity contribution in [3.8, 4) is 0 Å². The molecule has 1 aromatic heterocycles. The average molecular weight is 281 g/mol. The maximum absolute atomic E-state index is 12.1. The van der Waals surface area contributed by atoms with Gasteiger partial charge < -0.3 is 25.4 Å². The van der Waals surface area contributed by atoms with Crippen molar-refractivity contribution in [2.45, 2.75) is 24.9 Å². The largest absolute Gasteiger partial charge is 0.480 e. The highest BCUT2D eigenvalue weighted by Crippen LogP contribution is 2.21. The van der Waals surface area contributed by atoms with E-state index in [2.05, 4.69) is 10.6 Å². The van der Waals surface area contributed by atoms with Crippen LogP contribution in [0, 0.1) is 0 Å². The highest BCUT2D eigenvalue weighted by molar-refractivity contribution is 5.95. The summed E-state index contributed by atoms with van der Waals surface area (Å²) in [5, 5.41) is 23.4. The monoisotopic (exact) mass is 281 g/mol. The van der Waals surface area contributed by atoms with Gasteiger partial charge in [-0.05, 0) is 38.1 Å². The Morgan fingerprint density at radius 1 is 1.45 bits per heavy atom. The maximum atomic E-state index is 12.1. The first-order valence-corrected chi connectivity index (χ1v) is 6.65. The van der Waals surface area contributed by atoms with Crippen LogP contribution in [0.2, 0.25) is 0 Å². The highest BCUT2D eigenvalue weighted by Gasteiger charge is 2.23. The third kappa shape index (κ3) is 3.17. The maximum Gasteiger partial charge on any atom is 0.328 e. The summed E-state index contributed by atoms with van der Waals surface area (Å²) in [4.78, 5) is 23.0. The number of nitrogens with one attached hydrogen (secondary N) is 2. The van der Waals surface area contributed by atoms with E-state index in [9.17, 15) is 9.59 Å². The first-order chi connectivity index (χ1) is 9.63. The number of carbonyl (C=O) groups is 2. The van der Waals surface area contributed by atoms with Crippen molar-refractivity contribution in [2.75, 3.05) is 19.7 Å². The second-order valence-corrected chi connectivity index (χ2v) is 4.83. The van der Waals surface area contributed by atoms with Crippen LogP contribution in [0.1, 0.15) is 29.4 Å². The molecule has 1 amide bonds. The highest BCUT2D eigenvalue weighted by atomic mass is 16.4. The van der Waals surface area contributed by atoms with E-state index >= 15 is 0 Å². The Morgan fingerprint density at radius 2 is 2.15 bits per heavy atom. The predicted octanol–water partition coefficient (Wildman–Crippen LogP) is -0.412. The zero-order valence-corrected chi connectivity index (χ0v) is 11.1. The number of aliphatic hydroxyl groups is 1. The third-order valence-corrected chi connectivity index (χ3v) is 3.50. The van der Waals surface area contributed by atoms with Crippen LogP contribution < -0.4 is 10.6 Å². The van der Waals surface area contributed by atoms with Crippen LogP contribution >= 0.6 is 0 Å². The van der Waals surface area contributed by atoms with Crippen LogP contribution in [-0.4, -0.2) is 52.4 Å². The van der Waals surface area contributed by atoms with Crippen molar-refractivity contribution in [1.82, 2.24) is 15.2 Å². The summed E-state index contributed by atoms with van der Waals surface area (Å²) in [5.41, 5.74) is 0.427. The summed E-state index contributed by atoms with van der Waals surface area (Å²) in [6.07, 6.45) is 3.69. The lowest BCUT2D eigenvalue weighted by Gasteiger charge is -2.26. The number of carboxylic acid groups (broad SMARTS) is 1. The lowest BCUT2D eigenvalue weighted by atomic mass is 10.1. The molecule has 4 N–H and O–H groups in total. The summed E-state index contributed by atoms with van der Waals surface area (Å²) in [5.74, 6) is -1.73. The number of amides is 1. The molecule has 110 valence electrons. The van der Waals surface area contributed by atoms with Gasteiger partial charge >= 0.3 is 5.97 Å². The van der Waals surface area contributed by atoms with Crippen molar-refractivity contribution in [3.63, 3.8) is 0 Å². The van der Waals surface area contributed by atoms with E-state index in [1.54, 1.807) is 12.1 Å². The van der Waals surface area contributed by atoms with Crippen LogP contribution in [-0.2, 0) is 4.79 Å². The van der Waals surface area contributed by atoms with Crippen molar-refractivity contribution in [1.29, 1.82) is 0 Å². The second-order valence-electron chi connectivity index (χ2n) is 4.83. The summed E-state index contributed by atoms with van der Waals surface area (Å²) in [6, 6.07) is 2.39. The minimum Gasteiger partial charge on any atom is -0.480 e. The van der Waals surface area contributed by atoms with Crippen LogP contribution in [0.15, 0.2) is 18.3 Å². The van der Waals surface area contributed by atoms with Gasteiger partial charge in [-0.1, -0.05) is 0 Å². The molecule has 0 bridgehead atoms. The lowest BCUT2D eigenvalue weighted by Crippen LogP contribution is -2.44. The Labute approximate surface area is 116 Å². The number of aliphatic carboxylic acids is 1. The Balaban J connectivity index is 2.10. The molecule has 7 nitrogen and oxygen atoms in total. The van der Waals surface area contributed by atoms with Crippen molar-refractivity contribution in [2.24, 2.45) is 0 Å². The molecule has 20 heavy (non-hydrogen) atoms. The van der Waals surface area contributed by atoms with Crippen LogP contribution in [0.25, 0.3) is 0 Å². The van der Waals surface area contributed by atoms with Gasteiger partial charge in [-0.3, -0.25) is 4.79 Å². The average Bonchev–Trinajstić information content (AvgIpc) is 2.94. The predicted molar refractivity (Wildman–Crippen MR) is 71.5 cm³/mol. The standard InChI is InChI=1S/C13H19N3O4/c17-8-10(13(19)20)15-12(18)11-2-1-7-16(11)9-3-5-14-6-4-9/h1-2,7,9-10,14,17H,3-6,8H2,(H,15,18)(H,19,20)/t10-/m1/s1. The molecule has 1 aliphatic rings. The molecule has 1 atom stereocenters. The number of carboxylic acids is 1. The Morgan fingerprint density at radius 3 is 2.75 bits per heavy atom. The second kappa shape index (κ2) is 6.53. The van der Waals surface area contributed by atoms with Crippen LogP contribution in [0.4, 0.5) is 0 Å². The van der Waals surface area contributed by atoms with E-state index in [-0.39, 0.29) is 6.04 Å². The number of piperidine rings is 1. The first-order valence-electron chi connectivity index (χ1n) is 6.65. The molecule has 0 spiro atoms. The summed E-state index contributed by atoms with van der Waals surface area (Å²) in [6.45, 7) is 1.17. The van der Waals surface area contributed by atoms with Gasteiger partial charge in [0.15, 0.2) is 6.04 Å². The molecule has 2 rings (SSSR count). The fourth-order valence-electron chi connectivity index (χ4n) is 2.41. The van der Waals surface area contributed by atoms with Gasteiger partial charge in [0.25, 0.3) is 5.91 Å². The number of nitrogens with zero attached hydrogens (tertiary/aromatic N) is 1. The molecule has 1 fully saturated rings. The minimum absolute atomic E-state index is 0.240. The third-order valence-electron chi connectivity index (χ3n) is 3.50. The van der Waals surface area contributed by atoms with Gasteiger partial charge in [0.2, 0.25) is 0 Å². The van der Waals surface area contributed by atoms with Gasteiger partial charge in [0.1, 0.15) is 5.69 Å². The summed E-state index contributed by atoms with van der Waals surface area (Å²) >= 11 is 0. The normalized spacial score (nSPS) is 17.6. The first kappa shape index (κ1) is 14.5. The van der Waals surface area contributed by atoms with E-state index in [0.29, 0.717) is 5.69 Å². The number of aromatic nitrogens is 1. The molecule has 0 saturated carbocycles. The fraction of sp³-hybridized carbons (Fsp3) is 0.538. The Kier molecular flexibility index (Phi) is 4.75. The van der Waals surface area contributed by atoms with Gasteiger partial charge in [-0.2, -0.15) is 0 Å².